The zero-order chi connectivity index (χ0) is 16.1. The van der Waals surface area contributed by atoms with Crippen LogP contribution in [0.5, 0.6) is 0 Å². The molecule has 0 aliphatic heterocycles. The molecule has 0 aliphatic carbocycles. The lowest BCUT2D eigenvalue weighted by Crippen LogP contribution is -1.88. The fraction of sp³-hybridized carbons (Fsp3) is 0.0455. The van der Waals surface area contributed by atoms with Gasteiger partial charge in [-0.05, 0) is 46.4 Å². The fourth-order valence-corrected chi connectivity index (χ4v) is 2.71. The van der Waals surface area contributed by atoms with Gasteiger partial charge in [0, 0.05) is 0 Å². The molecule has 0 unspecified atom stereocenters. The van der Waals surface area contributed by atoms with E-state index >= 15 is 0 Å². The van der Waals surface area contributed by atoms with Crippen molar-refractivity contribution in [3.8, 4) is 28.3 Å². The predicted octanol–water partition coefficient (Wildman–Crippen LogP) is 5.62. The Bertz CT molecular complexity index is 853. The van der Waals surface area contributed by atoms with E-state index in [0.717, 1.165) is 28.7 Å². The molecule has 0 N–H and O–H groups in total. The summed E-state index contributed by atoms with van der Waals surface area (Å²) in [5, 5.41) is 9.22. The van der Waals surface area contributed by atoms with Crippen molar-refractivity contribution in [1.82, 2.24) is 0 Å². The summed E-state index contributed by atoms with van der Waals surface area (Å²) in [6.45, 7) is 3.78. The molecular weight excluding hydrogens is 278 g/mol. The van der Waals surface area contributed by atoms with Crippen molar-refractivity contribution in [3.63, 3.8) is 0 Å². The highest BCUT2D eigenvalue weighted by Gasteiger charge is 2.08. The average Bonchev–Trinajstić information content (AvgIpc) is 2.63. The quantitative estimate of drug-likeness (QED) is 0.573. The second kappa shape index (κ2) is 6.77. The smallest absolute Gasteiger partial charge is 0.0991 e. The monoisotopic (exact) mass is 295 g/mol. The Balaban J connectivity index is 2.13. The number of hydrogen-bond donors (Lipinski definition) is 0. The van der Waals surface area contributed by atoms with Crippen molar-refractivity contribution in [2.45, 2.75) is 6.42 Å². The minimum Gasteiger partial charge on any atom is -0.192 e. The van der Waals surface area contributed by atoms with Crippen LogP contribution in [0.3, 0.4) is 0 Å². The van der Waals surface area contributed by atoms with Crippen LogP contribution >= 0.6 is 0 Å². The van der Waals surface area contributed by atoms with E-state index in [-0.39, 0.29) is 0 Å². The highest BCUT2D eigenvalue weighted by atomic mass is 14.2. The molecule has 3 rings (SSSR count). The molecule has 23 heavy (non-hydrogen) atoms. The van der Waals surface area contributed by atoms with E-state index < -0.39 is 0 Å². The lowest BCUT2D eigenvalue weighted by atomic mass is 9.92. The van der Waals surface area contributed by atoms with Crippen LogP contribution in [-0.4, -0.2) is 0 Å². The van der Waals surface area contributed by atoms with Crippen molar-refractivity contribution in [2.24, 2.45) is 0 Å². The van der Waals surface area contributed by atoms with Crippen LogP contribution in [-0.2, 0) is 6.42 Å². The zero-order valence-corrected chi connectivity index (χ0v) is 12.9. The van der Waals surface area contributed by atoms with Gasteiger partial charge in [-0.2, -0.15) is 5.26 Å². The lowest BCUT2D eigenvalue weighted by molar-refractivity contribution is 1.28. The van der Waals surface area contributed by atoms with Gasteiger partial charge in [-0.15, -0.1) is 6.58 Å². The summed E-state index contributed by atoms with van der Waals surface area (Å²) in [5.41, 5.74) is 6.41. The average molecular weight is 295 g/mol. The van der Waals surface area contributed by atoms with Crippen molar-refractivity contribution in [2.75, 3.05) is 0 Å². The molecule has 1 nitrogen and oxygen atoms in total. The Morgan fingerprint density at radius 3 is 2.17 bits per heavy atom. The van der Waals surface area contributed by atoms with Gasteiger partial charge >= 0.3 is 0 Å². The summed E-state index contributed by atoms with van der Waals surface area (Å²) in [4.78, 5) is 0. The van der Waals surface area contributed by atoms with Gasteiger partial charge in [-0.25, -0.2) is 0 Å². The van der Waals surface area contributed by atoms with E-state index in [9.17, 15) is 5.26 Å². The van der Waals surface area contributed by atoms with Crippen molar-refractivity contribution >= 4 is 0 Å². The second-order valence-corrected chi connectivity index (χ2v) is 5.43. The summed E-state index contributed by atoms with van der Waals surface area (Å²) in [6, 6.07) is 26.8. The SMILES string of the molecule is C=CCc1ccc(-c2cc(C#N)ccc2-c2ccccc2)cc1. The van der Waals surface area contributed by atoms with Crippen LogP contribution in [0.4, 0.5) is 0 Å². The highest BCUT2D eigenvalue weighted by molar-refractivity contribution is 5.84. The molecule has 0 heterocycles. The van der Waals surface area contributed by atoms with E-state index in [4.69, 9.17) is 0 Å². The van der Waals surface area contributed by atoms with E-state index in [2.05, 4.69) is 49.0 Å². The van der Waals surface area contributed by atoms with Gasteiger partial charge in [0.1, 0.15) is 0 Å². The van der Waals surface area contributed by atoms with Crippen molar-refractivity contribution < 1.29 is 0 Å². The van der Waals surface area contributed by atoms with Crippen LogP contribution in [0.25, 0.3) is 22.3 Å². The Morgan fingerprint density at radius 1 is 0.826 bits per heavy atom. The molecule has 110 valence electrons. The van der Waals surface area contributed by atoms with Gasteiger partial charge in [-0.3, -0.25) is 0 Å². The summed E-state index contributed by atoms with van der Waals surface area (Å²) < 4.78 is 0. The topological polar surface area (TPSA) is 23.8 Å². The summed E-state index contributed by atoms with van der Waals surface area (Å²) in [5.74, 6) is 0. The van der Waals surface area contributed by atoms with Crippen LogP contribution < -0.4 is 0 Å². The minimum absolute atomic E-state index is 0.676. The summed E-state index contributed by atoms with van der Waals surface area (Å²) in [6.07, 6.45) is 2.77. The highest BCUT2D eigenvalue weighted by Crippen LogP contribution is 2.33. The first-order valence-electron chi connectivity index (χ1n) is 7.61. The number of hydrogen-bond acceptors (Lipinski definition) is 1. The standard InChI is InChI=1S/C22H17N/c1-2-6-17-9-12-20(13-10-17)22-15-18(16-23)11-14-21(22)19-7-4-3-5-8-19/h2-5,7-15H,1,6H2. The molecule has 0 saturated carbocycles. The van der Waals surface area contributed by atoms with Gasteiger partial charge < -0.3 is 0 Å². The molecule has 3 aromatic carbocycles. The van der Waals surface area contributed by atoms with Crippen LogP contribution in [0.2, 0.25) is 0 Å². The van der Waals surface area contributed by atoms with E-state index in [1.165, 1.54) is 5.56 Å². The maximum absolute atomic E-state index is 9.22. The first-order chi connectivity index (χ1) is 11.3. The molecule has 1 heteroatoms. The lowest BCUT2D eigenvalue weighted by Gasteiger charge is -2.11. The van der Waals surface area contributed by atoms with E-state index in [0.29, 0.717) is 5.56 Å². The van der Waals surface area contributed by atoms with E-state index in [1.54, 1.807) is 0 Å². The number of allylic oxidation sites excluding steroid dienone is 1. The van der Waals surface area contributed by atoms with Crippen molar-refractivity contribution in [3.05, 3.63) is 96.6 Å². The number of nitrogens with zero attached hydrogens (tertiary/aromatic N) is 1. The fourth-order valence-electron chi connectivity index (χ4n) is 2.71. The molecule has 3 aromatic rings. The molecule has 0 radical (unpaired) electrons. The second-order valence-electron chi connectivity index (χ2n) is 5.43. The largest absolute Gasteiger partial charge is 0.192 e. The third kappa shape index (κ3) is 3.22. The van der Waals surface area contributed by atoms with Gasteiger partial charge in [0.15, 0.2) is 0 Å². The Hall–Kier alpha value is -3.11. The molecule has 0 aromatic heterocycles. The molecule has 0 atom stereocenters. The van der Waals surface area contributed by atoms with Crippen LogP contribution in [0, 0.1) is 11.3 Å². The summed E-state index contributed by atoms with van der Waals surface area (Å²) in [7, 11) is 0. The van der Waals surface area contributed by atoms with Gasteiger partial charge in [0.2, 0.25) is 0 Å². The van der Waals surface area contributed by atoms with Crippen molar-refractivity contribution in [1.29, 1.82) is 5.26 Å². The normalized spacial score (nSPS) is 10.0. The van der Waals surface area contributed by atoms with Gasteiger partial charge in [0.05, 0.1) is 11.6 Å². The predicted molar refractivity (Wildman–Crippen MR) is 95.9 cm³/mol. The molecule has 0 spiro atoms. The number of benzene rings is 3. The third-order valence-electron chi connectivity index (χ3n) is 3.88. The molecule has 0 saturated heterocycles. The number of rotatable bonds is 4. The Morgan fingerprint density at radius 2 is 1.52 bits per heavy atom. The molecule has 0 amide bonds. The minimum atomic E-state index is 0.676. The van der Waals surface area contributed by atoms with Gasteiger partial charge in [-0.1, -0.05) is 66.7 Å². The summed E-state index contributed by atoms with van der Waals surface area (Å²) >= 11 is 0. The maximum atomic E-state index is 9.22. The van der Waals surface area contributed by atoms with Gasteiger partial charge in [0.25, 0.3) is 0 Å². The molecular formula is C22H17N. The van der Waals surface area contributed by atoms with E-state index in [1.807, 2.05) is 42.5 Å². The zero-order valence-electron chi connectivity index (χ0n) is 12.9. The molecule has 0 fully saturated rings. The Kier molecular flexibility index (Phi) is 4.36. The molecule has 0 aliphatic rings. The molecule has 0 bridgehead atoms. The Labute approximate surface area is 137 Å². The maximum Gasteiger partial charge on any atom is 0.0991 e. The number of nitriles is 1. The third-order valence-corrected chi connectivity index (χ3v) is 3.88. The van der Waals surface area contributed by atoms with Crippen LogP contribution in [0.1, 0.15) is 11.1 Å². The first-order valence-corrected chi connectivity index (χ1v) is 7.61. The van der Waals surface area contributed by atoms with Crippen LogP contribution in [0.15, 0.2) is 85.5 Å². The first kappa shape index (κ1) is 14.8.